The molecular weight excluding hydrogens is 306 g/mol. The predicted octanol–water partition coefficient (Wildman–Crippen LogP) is 2.95. The van der Waals surface area contributed by atoms with E-state index in [4.69, 9.17) is 9.15 Å². The number of carbonyl (C=O) groups is 1. The van der Waals surface area contributed by atoms with Crippen molar-refractivity contribution in [1.29, 1.82) is 0 Å². The number of ether oxygens (including phenoxy) is 1. The minimum Gasteiger partial charge on any atom is -0.451 e. The third-order valence-electron chi connectivity index (χ3n) is 4.33. The first-order valence-corrected chi connectivity index (χ1v) is 8.25. The van der Waals surface area contributed by atoms with Crippen molar-refractivity contribution in [3.63, 3.8) is 0 Å². The molecule has 0 aliphatic carbocycles. The van der Waals surface area contributed by atoms with Gasteiger partial charge in [-0.3, -0.25) is 4.79 Å². The summed E-state index contributed by atoms with van der Waals surface area (Å²) >= 11 is 0. The normalized spacial score (nSPS) is 20.5. The second-order valence-electron chi connectivity index (χ2n) is 6.65. The molecule has 1 amide bonds. The minimum absolute atomic E-state index is 0.157. The number of hydrogen-bond donors (Lipinski definition) is 2. The largest absolute Gasteiger partial charge is 0.451 e. The van der Waals surface area contributed by atoms with Crippen molar-refractivity contribution in [2.45, 2.75) is 31.8 Å². The van der Waals surface area contributed by atoms with Crippen LogP contribution in [-0.4, -0.2) is 36.4 Å². The highest BCUT2D eigenvalue weighted by molar-refractivity contribution is 5.92. The molecule has 1 fully saturated rings. The Morgan fingerprint density at radius 3 is 2.88 bits per heavy atom. The van der Waals surface area contributed by atoms with E-state index in [9.17, 15) is 9.90 Å². The van der Waals surface area contributed by atoms with Gasteiger partial charge in [0.25, 0.3) is 5.91 Å². The summed E-state index contributed by atoms with van der Waals surface area (Å²) in [4.78, 5) is 12.2. The summed E-state index contributed by atoms with van der Waals surface area (Å²) in [5, 5.41) is 12.9. The molecule has 0 saturated carbocycles. The number of aliphatic hydroxyl groups is 1. The van der Waals surface area contributed by atoms with Crippen molar-refractivity contribution >= 4 is 5.91 Å². The summed E-state index contributed by atoms with van der Waals surface area (Å²) in [6.45, 7) is 5.20. The minimum atomic E-state index is -0.976. The first-order valence-electron chi connectivity index (χ1n) is 8.25. The zero-order valence-corrected chi connectivity index (χ0v) is 14.0. The van der Waals surface area contributed by atoms with Gasteiger partial charge in [-0.15, -0.1) is 0 Å². The van der Waals surface area contributed by atoms with Crippen LogP contribution in [0.3, 0.4) is 0 Å². The topological polar surface area (TPSA) is 71.7 Å². The van der Waals surface area contributed by atoms with Gasteiger partial charge in [-0.25, -0.2) is 0 Å². The van der Waals surface area contributed by atoms with Crippen LogP contribution in [0.4, 0.5) is 0 Å². The van der Waals surface area contributed by atoms with Crippen molar-refractivity contribution < 1.29 is 19.1 Å². The summed E-state index contributed by atoms with van der Waals surface area (Å²) in [6.07, 6.45) is 0.526. The number of hydrogen-bond acceptors (Lipinski definition) is 4. The van der Waals surface area contributed by atoms with E-state index >= 15 is 0 Å². The van der Waals surface area contributed by atoms with Crippen LogP contribution in [0, 0.1) is 0 Å². The molecule has 1 aromatic heterocycles. The Hall–Kier alpha value is -2.11. The van der Waals surface area contributed by atoms with Crippen molar-refractivity contribution in [2.24, 2.45) is 0 Å². The van der Waals surface area contributed by atoms with Crippen LogP contribution in [-0.2, 0) is 4.74 Å². The lowest BCUT2D eigenvalue weighted by Gasteiger charge is -2.20. The fourth-order valence-corrected chi connectivity index (χ4v) is 2.73. The number of benzene rings is 1. The van der Waals surface area contributed by atoms with Gasteiger partial charge in [0.2, 0.25) is 0 Å². The number of furan rings is 1. The average Bonchev–Trinajstić information content (AvgIpc) is 3.23. The fraction of sp³-hybridized carbons (Fsp3) is 0.421. The van der Waals surface area contributed by atoms with Crippen LogP contribution >= 0.6 is 0 Å². The summed E-state index contributed by atoms with van der Waals surface area (Å²) in [5.41, 5.74) is 1.19. The zero-order valence-electron chi connectivity index (χ0n) is 14.0. The zero-order chi connectivity index (χ0) is 17.2. The maximum Gasteiger partial charge on any atom is 0.287 e. The Labute approximate surface area is 141 Å². The number of amides is 1. The lowest BCUT2D eigenvalue weighted by atomic mass is 10.0. The Morgan fingerprint density at radius 1 is 1.33 bits per heavy atom. The van der Waals surface area contributed by atoms with Gasteiger partial charge in [0.05, 0.1) is 6.61 Å². The molecule has 2 aromatic rings. The maximum atomic E-state index is 12.2. The van der Waals surface area contributed by atoms with Gasteiger partial charge in [0, 0.05) is 25.1 Å². The molecule has 2 heterocycles. The standard InChI is InChI=1S/C19H23NO4/c1-13(2)14-4-3-5-15(10-14)16-6-7-17(24-16)18(21)20-11-19(22)8-9-23-12-19/h3-7,10,13,22H,8-9,11-12H2,1-2H3,(H,20,21). The SMILES string of the molecule is CC(C)c1cccc(-c2ccc(C(=O)NCC3(O)CCOC3)o2)c1. The predicted molar refractivity (Wildman–Crippen MR) is 91.0 cm³/mol. The molecule has 5 nitrogen and oxygen atoms in total. The third kappa shape index (κ3) is 3.68. The van der Waals surface area contributed by atoms with Gasteiger partial charge in [-0.2, -0.15) is 0 Å². The Morgan fingerprint density at radius 2 is 2.17 bits per heavy atom. The molecule has 5 heteroatoms. The molecule has 1 atom stereocenters. The molecule has 0 bridgehead atoms. The number of rotatable bonds is 5. The van der Waals surface area contributed by atoms with E-state index in [0.717, 1.165) is 5.56 Å². The van der Waals surface area contributed by atoms with E-state index in [-0.39, 0.29) is 24.8 Å². The molecule has 1 saturated heterocycles. The van der Waals surface area contributed by atoms with Gasteiger partial charge in [-0.05, 0) is 29.7 Å². The summed E-state index contributed by atoms with van der Waals surface area (Å²) in [7, 11) is 0. The third-order valence-corrected chi connectivity index (χ3v) is 4.33. The van der Waals surface area contributed by atoms with Crippen LogP contribution in [0.25, 0.3) is 11.3 Å². The quantitative estimate of drug-likeness (QED) is 0.885. The molecule has 3 rings (SSSR count). The Balaban J connectivity index is 1.68. The van der Waals surface area contributed by atoms with E-state index in [2.05, 4.69) is 31.3 Å². The van der Waals surface area contributed by atoms with Crippen molar-refractivity contribution in [2.75, 3.05) is 19.8 Å². The molecule has 128 valence electrons. The van der Waals surface area contributed by atoms with Crippen molar-refractivity contribution in [3.8, 4) is 11.3 Å². The number of carbonyl (C=O) groups excluding carboxylic acids is 1. The van der Waals surface area contributed by atoms with Crippen LogP contribution < -0.4 is 5.32 Å². The molecular formula is C19H23NO4. The van der Waals surface area contributed by atoms with Gasteiger partial charge < -0.3 is 19.6 Å². The molecule has 1 aliphatic rings. The number of nitrogens with one attached hydrogen (secondary N) is 1. The van der Waals surface area contributed by atoms with Crippen molar-refractivity contribution in [1.82, 2.24) is 5.32 Å². The van der Waals surface area contributed by atoms with E-state index in [1.54, 1.807) is 12.1 Å². The van der Waals surface area contributed by atoms with Gasteiger partial charge in [-0.1, -0.05) is 32.0 Å². The molecule has 0 radical (unpaired) electrons. The van der Waals surface area contributed by atoms with Crippen LogP contribution in [0.5, 0.6) is 0 Å². The second-order valence-corrected chi connectivity index (χ2v) is 6.65. The highest BCUT2D eigenvalue weighted by Gasteiger charge is 2.32. The Bertz CT molecular complexity index is 714. The van der Waals surface area contributed by atoms with E-state index in [1.807, 2.05) is 12.1 Å². The highest BCUT2D eigenvalue weighted by Crippen LogP contribution is 2.26. The van der Waals surface area contributed by atoms with E-state index in [0.29, 0.717) is 24.7 Å². The molecule has 1 aromatic carbocycles. The molecule has 0 spiro atoms. The van der Waals surface area contributed by atoms with E-state index in [1.165, 1.54) is 5.56 Å². The lowest BCUT2D eigenvalue weighted by molar-refractivity contribution is 0.0261. The monoisotopic (exact) mass is 329 g/mol. The molecule has 2 N–H and O–H groups in total. The summed E-state index contributed by atoms with van der Waals surface area (Å²) in [5.74, 6) is 0.992. The van der Waals surface area contributed by atoms with Crippen molar-refractivity contribution in [3.05, 3.63) is 47.7 Å². The molecule has 24 heavy (non-hydrogen) atoms. The highest BCUT2D eigenvalue weighted by atomic mass is 16.5. The van der Waals surface area contributed by atoms with Gasteiger partial charge in [0.15, 0.2) is 5.76 Å². The first kappa shape index (κ1) is 16.7. The van der Waals surface area contributed by atoms with Crippen LogP contribution in [0.1, 0.15) is 42.3 Å². The van der Waals surface area contributed by atoms with Crippen LogP contribution in [0.15, 0.2) is 40.8 Å². The smallest absolute Gasteiger partial charge is 0.287 e. The first-order chi connectivity index (χ1) is 11.5. The molecule has 1 aliphatic heterocycles. The van der Waals surface area contributed by atoms with Crippen LogP contribution in [0.2, 0.25) is 0 Å². The second kappa shape index (κ2) is 6.79. The van der Waals surface area contributed by atoms with E-state index < -0.39 is 5.60 Å². The van der Waals surface area contributed by atoms with Gasteiger partial charge >= 0.3 is 0 Å². The lowest BCUT2D eigenvalue weighted by Crippen LogP contribution is -2.43. The molecule has 1 unspecified atom stereocenters. The average molecular weight is 329 g/mol. The van der Waals surface area contributed by atoms with Gasteiger partial charge in [0.1, 0.15) is 11.4 Å². The summed E-state index contributed by atoms with van der Waals surface area (Å²) in [6, 6.07) is 11.6. The maximum absolute atomic E-state index is 12.2. The summed E-state index contributed by atoms with van der Waals surface area (Å²) < 4.78 is 10.9. The Kier molecular flexibility index (Phi) is 4.73. The fourth-order valence-electron chi connectivity index (χ4n) is 2.73.